The molecule has 0 aliphatic heterocycles. The van der Waals surface area contributed by atoms with Crippen LogP contribution in [0, 0.1) is 0 Å². The van der Waals surface area contributed by atoms with Gasteiger partial charge in [0.1, 0.15) is 10.8 Å². The van der Waals surface area contributed by atoms with Crippen molar-refractivity contribution < 1.29 is 9.47 Å². The number of alkyl halides is 1. The minimum absolute atomic E-state index is 0.0842. The summed E-state index contributed by atoms with van der Waals surface area (Å²) in [5.41, 5.74) is 1.23. The second-order valence-corrected chi connectivity index (χ2v) is 3.72. The highest BCUT2D eigenvalue weighted by Gasteiger charge is 2.02. The van der Waals surface area contributed by atoms with Gasteiger partial charge in [0.25, 0.3) is 0 Å². The second-order valence-electron chi connectivity index (χ2n) is 2.70. The van der Waals surface area contributed by atoms with Crippen LogP contribution in [-0.2, 0) is 11.2 Å². The van der Waals surface area contributed by atoms with E-state index < -0.39 is 0 Å². The molecule has 0 bridgehead atoms. The van der Waals surface area contributed by atoms with Gasteiger partial charge in [-0.05, 0) is 17.7 Å². The molecule has 1 atom stereocenters. The first-order valence-corrected chi connectivity index (χ1v) is 4.97. The van der Waals surface area contributed by atoms with Crippen LogP contribution in [0.3, 0.4) is 0 Å². The zero-order chi connectivity index (χ0) is 9.68. The van der Waals surface area contributed by atoms with E-state index in [0.29, 0.717) is 0 Å². The highest BCUT2D eigenvalue weighted by molar-refractivity contribution is 9.09. The number of ether oxygens (including phenoxy) is 2. The molecule has 1 unspecified atom stereocenters. The molecule has 0 fully saturated rings. The molecule has 1 rings (SSSR count). The molecular weight excluding hydrogens is 232 g/mol. The van der Waals surface area contributed by atoms with Gasteiger partial charge in [-0.25, -0.2) is 0 Å². The van der Waals surface area contributed by atoms with Crippen molar-refractivity contribution in [2.45, 2.75) is 11.4 Å². The molecule has 2 nitrogen and oxygen atoms in total. The molecule has 3 heteroatoms. The molecule has 0 aliphatic carbocycles. The van der Waals surface area contributed by atoms with Crippen LogP contribution in [0.5, 0.6) is 5.75 Å². The number of rotatable bonds is 4. The van der Waals surface area contributed by atoms with Gasteiger partial charge in [-0.1, -0.05) is 28.1 Å². The molecule has 0 saturated carbocycles. The van der Waals surface area contributed by atoms with Gasteiger partial charge in [-0.3, -0.25) is 0 Å². The third-order valence-corrected chi connectivity index (χ3v) is 2.51. The Kier molecular flexibility index (Phi) is 4.25. The van der Waals surface area contributed by atoms with Crippen molar-refractivity contribution in [1.29, 1.82) is 0 Å². The first-order valence-electron chi connectivity index (χ1n) is 4.06. The number of hydrogen-bond acceptors (Lipinski definition) is 2. The fourth-order valence-electron chi connectivity index (χ4n) is 1.03. The molecule has 1 aromatic rings. The lowest BCUT2D eigenvalue weighted by atomic mass is 10.1. The van der Waals surface area contributed by atoms with Crippen LogP contribution in [0.2, 0.25) is 0 Å². The Morgan fingerprint density at radius 2 is 1.85 bits per heavy atom. The topological polar surface area (TPSA) is 18.5 Å². The molecule has 72 valence electrons. The monoisotopic (exact) mass is 244 g/mol. The summed E-state index contributed by atoms with van der Waals surface area (Å²) in [6.07, 6.45) is 0.862. The average molecular weight is 245 g/mol. The minimum Gasteiger partial charge on any atom is -0.497 e. The Morgan fingerprint density at radius 1 is 1.23 bits per heavy atom. The summed E-state index contributed by atoms with van der Waals surface area (Å²) in [7, 11) is 3.35. The summed E-state index contributed by atoms with van der Waals surface area (Å²) < 4.78 is 10.2. The fourth-order valence-corrected chi connectivity index (χ4v) is 1.40. The molecular formula is C10H13BrO2. The van der Waals surface area contributed by atoms with E-state index in [4.69, 9.17) is 9.47 Å². The maximum Gasteiger partial charge on any atom is 0.118 e. The first kappa shape index (κ1) is 10.5. The highest BCUT2D eigenvalue weighted by atomic mass is 79.9. The van der Waals surface area contributed by atoms with Gasteiger partial charge in [0.05, 0.1) is 7.11 Å². The summed E-state index contributed by atoms with van der Waals surface area (Å²) in [5, 5.41) is 0.0842. The predicted octanol–water partition coefficient (Wildman–Crippen LogP) is 2.61. The summed E-state index contributed by atoms with van der Waals surface area (Å²) in [6.45, 7) is 0. The van der Waals surface area contributed by atoms with E-state index in [1.165, 1.54) is 5.56 Å². The van der Waals surface area contributed by atoms with E-state index in [2.05, 4.69) is 15.9 Å². The van der Waals surface area contributed by atoms with Crippen LogP contribution in [0.25, 0.3) is 0 Å². The Morgan fingerprint density at radius 3 is 2.31 bits per heavy atom. The number of benzene rings is 1. The van der Waals surface area contributed by atoms with Gasteiger partial charge in [0.15, 0.2) is 0 Å². The molecule has 0 amide bonds. The lowest BCUT2D eigenvalue weighted by molar-refractivity contribution is 0.179. The quantitative estimate of drug-likeness (QED) is 0.759. The lowest BCUT2D eigenvalue weighted by Crippen LogP contribution is -2.04. The second kappa shape index (κ2) is 5.25. The van der Waals surface area contributed by atoms with Crippen molar-refractivity contribution >= 4 is 15.9 Å². The van der Waals surface area contributed by atoms with E-state index >= 15 is 0 Å². The van der Waals surface area contributed by atoms with E-state index in [1.54, 1.807) is 14.2 Å². The number of halogens is 1. The maximum absolute atomic E-state index is 5.10. The number of hydrogen-bond donors (Lipinski definition) is 0. The van der Waals surface area contributed by atoms with Crippen molar-refractivity contribution in [2.75, 3.05) is 14.2 Å². The van der Waals surface area contributed by atoms with Crippen LogP contribution in [-0.4, -0.2) is 19.2 Å². The molecule has 0 saturated heterocycles. The SMILES string of the molecule is COc1ccc(CC(Br)OC)cc1. The van der Waals surface area contributed by atoms with Crippen LogP contribution < -0.4 is 4.74 Å². The third kappa shape index (κ3) is 3.36. The van der Waals surface area contributed by atoms with Gasteiger partial charge >= 0.3 is 0 Å². The van der Waals surface area contributed by atoms with Crippen LogP contribution in [0.15, 0.2) is 24.3 Å². The largest absolute Gasteiger partial charge is 0.497 e. The van der Waals surface area contributed by atoms with Gasteiger partial charge in [0, 0.05) is 13.5 Å². The molecule has 0 aliphatic rings. The summed E-state index contributed by atoms with van der Waals surface area (Å²) in [6, 6.07) is 7.97. The van der Waals surface area contributed by atoms with Crippen molar-refractivity contribution in [3.8, 4) is 5.75 Å². The normalized spacial score (nSPS) is 12.5. The van der Waals surface area contributed by atoms with Gasteiger partial charge in [0.2, 0.25) is 0 Å². The molecule has 0 aromatic heterocycles. The molecule has 13 heavy (non-hydrogen) atoms. The van der Waals surface area contributed by atoms with Crippen molar-refractivity contribution in [3.05, 3.63) is 29.8 Å². The zero-order valence-electron chi connectivity index (χ0n) is 7.79. The van der Waals surface area contributed by atoms with Gasteiger partial charge in [-0.15, -0.1) is 0 Å². The first-order chi connectivity index (χ1) is 6.26. The Hall–Kier alpha value is -0.540. The number of methoxy groups -OCH3 is 2. The molecule has 0 radical (unpaired) electrons. The maximum atomic E-state index is 5.10. The molecule has 0 spiro atoms. The van der Waals surface area contributed by atoms with Crippen LogP contribution in [0.4, 0.5) is 0 Å². The lowest BCUT2D eigenvalue weighted by Gasteiger charge is -2.07. The van der Waals surface area contributed by atoms with E-state index in [0.717, 1.165) is 12.2 Å². The Labute approximate surface area is 87.0 Å². The summed E-state index contributed by atoms with van der Waals surface area (Å²) >= 11 is 3.40. The Balaban J connectivity index is 2.58. The predicted molar refractivity (Wildman–Crippen MR) is 56.4 cm³/mol. The van der Waals surface area contributed by atoms with E-state index in [9.17, 15) is 0 Å². The van der Waals surface area contributed by atoms with E-state index in [-0.39, 0.29) is 5.01 Å². The standard InChI is InChI=1S/C10H13BrO2/c1-12-9-5-3-8(4-6-9)7-10(11)13-2/h3-6,10H,7H2,1-2H3. The minimum atomic E-state index is 0.0842. The summed E-state index contributed by atoms with van der Waals surface area (Å²) in [5.74, 6) is 0.882. The fraction of sp³-hybridized carbons (Fsp3) is 0.400. The molecule has 1 aromatic carbocycles. The van der Waals surface area contributed by atoms with Crippen molar-refractivity contribution in [1.82, 2.24) is 0 Å². The van der Waals surface area contributed by atoms with Gasteiger partial charge < -0.3 is 9.47 Å². The van der Waals surface area contributed by atoms with Crippen molar-refractivity contribution in [3.63, 3.8) is 0 Å². The summed E-state index contributed by atoms with van der Waals surface area (Å²) in [4.78, 5) is 0. The Bertz CT molecular complexity index is 246. The molecule has 0 N–H and O–H groups in total. The zero-order valence-corrected chi connectivity index (χ0v) is 9.37. The third-order valence-electron chi connectivity index (χ3n) is 1.81. The van der Waals surface area contributed by atoms with E-state index in [1.807, 2.05) is 24.3 Å². The van der Waals surface area contributed by atoms with Crippen LogP contribution in [0.1, 0.15) is 5.56 Å². The highest BCUT2D eigenvalue weighted by Crippen LogP contribution is 2.15. The average Bonchev–Trinajstić information content (AvgIpc) is 2.19. The van der Waals surface area contributed by atoms with Crippen LogP contribution >= 0.6 is 15.9 Å². The van der Waals surface area contributed by atoms with Gasteiger partial charge in [-0.2, -0.15) is 0 Å². The molecule has 0 heterocycles. The van der Waals surface area contributed by atoms with Crippen molar-refractivity contribution in [2.24, 2.45) is 0 Å². The smallest absolute Gasteiger partial charge is 0.118 e.